The van der Waals surface area contributed by atoms with Crippen LogP contribution in [0.5, 0.6) is 0 Å². The summed E-state index contributed by atoms with van der Waals surface area (Å²) in [6, 6.07) is -0.331. The highest BCUT2D eigenvalue weighted by Gasteiger charge is 2.11. The lowest BCUT2D eigenvalue weighted by molar-refractivity contribution is -0.122. The Morgan fingerprint density at radius 1 is 1.17 bits per heavy atom. The van der Waals surface area contributed by atoms with Crippen LogP contribution in [0.3, 0.4) is 0 Å². The van der Waals surface area contributed by atoms with Crippen molar-refractivity contribution >= 4 is 17.7 Å². The van der Waals surface area contributed by atoms with Crippen molar-refractivity contribution in [2.75, 3.05) is 18.6 Å². The number of carbonyl (C=O) groups excluding carboxylic acids is 1. The third-order valence-corrected chi connectivity index (χ3v) is 3.69. The molecule has 0 aromatic rings. The molecule has 4 heteroatoms. The Morgan fingerprint density at radius 3 is 2.39 bits per heavy atom. The minimum absolute atomic E-state index is 0.00929. The van der Waals surface area contributed by atoms with Crippen LogP contribution in [0.2, 0.25) is 0 Å². The fourth-order valence-corrected chi connectivity index (χ4v) is 2.29. The van der Waals surface area contributed by atoms with Crippen LogP contribution in [0.1, 0.15) is 58.3 Å². The Morgan fingerprint density at radius 2 is 1.78 bits per heavy atom. The number of unbranched alkanes of at least 4 members (excludes halogenated alkanes) is 6. The fraction of sp³-hybridized carbons (Fsp3) is 0.929. The van der Waals surface area contributed by atoms with Crippen molar-refractivity contribution in [2.45, 2.75) is 64.3 Å². The molecule has 0 saturated carbocycles. The number of amides is 1. The van der Waals surface area contributed by atoms with Gasteiger partial charge in [-0.25, -0.2) is 0 Å². The standard InChI is InChI=1S/C14H30N2OS/c1-3-4-5-6-7-8-9-11-16-14(17)13(15)10-12-18-2/h13H,3-12,15H2,1-2H3,(H,16,17). The Hall–Kier alpha value is -0.220. The number of carbonyl (C=O) groups is 1. The Labute approximate surface area is 117 Å². The van der Waals surface area contributed by atoms with Crippen LogP contribution in [0, 0.1) is 0 Å². The maximum absolute atomic E-state index is 11.6. The van der Waals surface area contributed by atoms with Gasteiger partial charge < -0.3 is 11.1 Å². The molecule has 0 heterocycles. The van der Waals surface area contributed by atoms with E-state index in [1.165, 1.54) is 38.5 Å². The molecule has 0 saturated heterocycles. The summed E-state index contributed by atoms with van der Waals surface area (Å²) in [5, 5.41) is 2.92. The molecule has 3 N–H and O–H groups in total. The highest BCUT2D eigenvalue weighted by Crippen LogP contribution is 2.06. The number of rotatable bonds is 12. The lowest BCUT2D eigenvalue weighted by atomic mass is 10.1. The molecule has 1 unspecified atom stereocenters. The molecule has 0 radical (unpaired) electrons. The van der Waals surface area contributed by atoms with Crippen LogP contribution in [0.4, 0.5) is 0 Å². The zero-order chi connectivity index (χ0) is 13.6. The quantitative estimate of drug-likeness (QED) is 0.538. The first-order valence-electron chi connectivity index (χ1n) is 7.24. The maximum atomic E-state index is 11.6. The highest BCUT2D eigenvalue weighted by molar-refractivity contribution is 7.98. The third kappa shape index (κ3) is 10.9. The van der Waals surface area contributed by atoms with Crippen molar-refractivity contribution in [1.29, 1.82) is 0 Å². The summed E-state index contributed by atoms with van der Waals surface area (Å²) in [6.45, 7) is 3.01. The van der Waals surface area contributed by atoms with Gasteiger partial charge in [0.05, 0.1) is 6.04 Å². The van der Waals surface area contributed by atoms with Crippen molar-refractivity contribution < 1.29 is 4.79 Å². The predicted octanol–water partition coefficient (Wildman–Crippen LogP) is 2.93. The van der Waals surface area contributed by atoms with E-state index < -0.39 is 0 Å². The van der Waals surface area contributed by atoms with Gasteiger partial charge in [0.15, 0.2) is 0 Å². The summed E-state index contributed by atoms with van der Waals surface area (Å²) in [7, 11) is 0. The molecule has 3 nitrogen and oxygen atoms in total. The van der Waals surface area contributed by atoms with E-state index in [1.54, 1.807) is 11.8 Å². The van der Waals surface area contributed by atoms with Gasteiger partial charge in [-0.2, -0.15) is 11.8 Å². The molecule has 0 aliphatic carbocycles. The molecule has 1 amide bonds. The molecule has 0 spiro atoms. The fourth-order valence-electron chi connectivity index (χ4n) is 1.80. The molecule has 18 heavy (non-hydrogen) atoms. The van der Waals surface area contributed by atoms with Gasteiger partial charge in [0.2, 0.25) is 5.91 Å². The van der Waals surface area contributed by atoms with Crippen molar-refractivity contribution in [3.8, 4) is 0 Å². The van der Waals surface area contributed by atoms with Crippen LogP contribution >= 0.6 is 11.8 Å². The highest BCUT2D eigenvalue weighted by atomic mass is 32.2. The minimum Gasteiger partial charge on any atom is -0.355 e. The number of nitrogens with two attached hydrogens (primary N) is 1. The molecule has 0 aliphatic heterocycles. The van der Waals surface area contributed by atoms with Crippen LogP contribution < -0.4 is 11.1 Å². The summed E-state index contributed by atoms with van der Waals surface area (Å²) in [6.07, 6.45) is 11.7. The Kier molecular flexibility index (Phi) is 13.1. The van der Waals surface area contributed by atoms with E-state index in [1.807, 2.05) is 6.26 Å². The van der Waals surface area contributed by atoms with Crippen molar-refractivity contribution in [2.24, 2.45) is 5.73 Å². The van der Waals surface area contributed by atoms with Gasteiger partial charge in [0, 0.05) is 6.54 Å². The van der Waals surface area contributed by atoms with Crippen LogP contribution in [-0.4, -0.2) is 30.5 Å². The van der Waals surface area contributed by atoms with Gasteiger partial charge >= 0.3 is 0 Å². The van der Waals surface area contributed by atoms with E-state index in [9.17, 15) is 4.79 Å². The predicted molar refractivity (Wildman–Crippen MR) is 82.0 cm³/mol. The van der Waals surface area contributed by atoms with Gasteiger partial charge in [-0.05, 0) is 24.9 Å². The monoisotopic (exact) mass is 274 g/mol. The Bertz CT molecular complexity index is 200. The van der Waals surface area contributed by atoms with Crippen LogP contribution in [-0.2, 0) is 4.79 Å². The van der Waals surface area contributed by atoms with Crippen molar-refractivity contribution in [3.05, 3.63) is 0 Å². The van der Waals surface area contributed by atoms with E-state index >= 15 is 0 Å². The Balaban J connectivity index is 3.29. The first-order valence-corrected chi connectivity index (χ1v) is 8.64. The van der Waals surface area contributed by atoms with Crippen molar-refractivity contribution in [1.82, 2.24) is 5.32 Å². The molecular weight excluding hydrogens is 244 g/mol. The molecular formula is C14H30N2OS. The topological polar surface area (TPSA) is 55.1 Å². The second-order valence-electron chi connectivity index (χ2n) is 4.80. The number of thioether (sulfide) groups is 1. The normalized spacial score (nSPS) is 12.4. The van der Waals surface area contributed by atoms with E-state index in [0.717, 1.165) is 25.1 Å². The molecule has 108 valence electrons. The van der Waals surface area contributed by atoms with Gasteiger partial charge in [-0.15, -0.1) is 0 Å². The van der Waals surface area contributed by atoms with E-state index in [0.29, 0.717) is 0 Å². The molecule has 1 atom stereocenters. The summed E-state index contributed by atoms with van der Waals surface area (Å²) < 4.78 is 0. The first kappa shape index (κ1) is 17.8. The zero-order valence-corrected chi connectivity index (χ0v) is 12.9. The smallest absolute Gasteiger partial charge is 0.236 e. The molecule has 0 fully saturated rings. The largest absolute Gasteiger partial charge is 0.355 e. The van der Waals surface area contributed by atoms with Crippen LogP contribution in [0.25, 0.3) is 0 Å². The van der Waals surface area contributed by atoms with Gasteiger partial charge in [-0.1, -0.05) is 45.4 Å². The number of hydrogen-bond acceptors (Lipinski definition) is 3. The van der Waals surface area contributed by atoms with Gasteiger partial charge in [0.25, 0.3) is 0 Å². The summed E-state index contributed by atoms with van der Waals surface area (Å²) in [5.41, 5.74) is 5.77. The molecule has 0 aromatic heterocycles. The molecule has 0 bridgehead atoms. The molecule has 0 aromatic carbocycles. The second kappa shape index (κ2) is 13.2. The lowest BCUT2D eigenvalue weighted by Gasteiger charge is -2.11. The van der Waals surface area contributed by atoms with Gasteiger partial charge in [0.1, 0.15) is 0 Å². The van der Waals surface area contributed by atoms with E-state index in [2.05, 4.69) is 12.2 Å². The average molecular weight is 274 g/mol. The minimum atomic E-state index is -0.331. The second-order valence-corrected chi connectivity index (χ2v) is 5.79. The first-order chi connectivity index (χ1) is 8.72. The zero-order valence-electron chi connectivity index (χ0n) is 12.0. The lowest BCUT2D eigenvalue weighted by Crippen LogP contribution is -2.41. The maximum Gasteiger partial charge on any atom is 0.236 e. The molecule has 0 aliphatic rings. The van der Waals surface area contributed by atoms with E-state index in [-0.39, 0.29) is 11.9 Å². The summed E-state index contributed by atoms with van der Waals surface area (Å²) in [5.74, 6) is 0.960. The molecule has 0 rings (SSSR count). The third-order valence-electron chi connectivity index (χ3n) is 3.05. The number of nitrogens with one attached hydrogen (secondary N) is 1. The average Bonchev–Trinajstić information content (AvgIpc) is 2.38. The van der Waals surface area contributed by atoms with Crippen LogP contribution in [0.15, 0.2) is 0 Å². The summed E-state index contributed by atoms with van der Waals surface area (Å²) in [4.78, 5) is 11.6. The number of hydrogen-bond donors (Lipinski definition) is 2. The SMILES string of the molecule is CCCCCCCCCNC(=O)C(N)CCSC. The van der Waals surface area contributed by atoms with Crippen molar-refractivity contribution in [3.63, 3.8) is 0 Å². The van der Waals surface area contributed by atoms with Gasteiger partial charge in [-0.3, -0.25) is 4.79 Å². The summed E-state index contributed by atoms with van der Waals surface area (Å²) >= 11 is 1.73. The van der Waals surface area contributed by atoms with E-state index in [4.69, 9.17) is 5.73 Å².